The van der Waals surface area contributed by atoms with Crippen LogP contribution in [0.1, 0.15) is 132 Å². The fourth-order valence-electron chi connectivity index (χ4n) is 20.4. The van der Waals surface area contributed by atoms with Gasteiger partial charge in [-0.15, -0.1) is 0 Å². The molecular weight excluding hydrogens is 1670 g/mol. The number of rotatable bonds is 18. The maximum absolute atomic E-state index is 13.2. The number of piperazine rings is 4. The second kappa shape index (κ2) is 38.0. The Balaban J connectivity index is 0.000000114. The molecule has 2 N–H and O–H groups in total. The van der Waals surface area contributed by atoms with Crippen LogP contribution in [0.15, 0.2) is 191 Å². The van der Waals surface area contributed by atoms with E-state index in [0.717, 1.165) is 235 Å². The molecule has 0 aromatic carbocycles. The molecule has 30 nitrogen and oxygen atoms in total. The van der Waals surface area contributed by atoms with Crippen LogP contribution in [0.3, 0.4) is 0 Å². The average molecular weight is 1790 g/mol. The van der Waals surface area contributed by atoms with Crippen LogP contribution in [0.2, 0.25) is 0 Å². The van der Waals surface area contributed by atoms with Gasteiger partial charge in [0.25, 0.3) is 22.2 Å². The number of anilines is 4. The third kappa shape index (κ3) is 18.4. The highest BCUT2D eigenvalue weighted by molar-refractivity contribution is 5.72. The summed E-state index contributed by atoms with van der Waals surface area (Å²) in [5.74, 6) is 0. The summed E-state index contributed by atoms with van der Waals surface area (Å²) in [7, 11) is 0. The number of hydrogen-bond acceptors (Lipinski definition) is 22. The fourth-order valence-corrected chi connectivity index (χ4v) is 20.4. The molecular formula is C103H122N24O6. The number of nitrogens with zero attached hydrogens (tertiary/aromatic N) is 24. The highest BCUT2D eigenvalue weighted by Gasteiger charge is 2.34. The molecule has 0 spiro atoms. The lowest BCUT2D eigenvalue weighted by atomic mass is 9.89. The Morgan fingerprint density at radius 2 is 0.602 bits per heavy atom. The van der Waals surface area contributed by atoms with E-state index < -0.39 is 0 Å². The quantitative estimate of drug-likeness (QED) is 0.0808. The largest absolute Gasteiger partial charge is 0.395 e. The smallest absolute Gasteiger partial charge is 0.258 e. The molecule has 2 saturated carbocycles. The van der Waals surface area contributed by atoms with Crippen molar-refractivity contribution in [3.8, 4) is 45.0 Å². The standard InChI is InChI=1S/C27H32N6O.C26H30N6O.2C25H30N6O2/c1-4-20-12-21(16-31-14-18(2)28-27(20)31)24-13-26(34)33-17-23(8-9-25(33)29-24)30-10-11-32(19(3)15-30)22-6-5-7-22;1-3-19-13-20(16-31-15-18(2)27-26(19)31)23-14-25(33)32-17-22(7-8-24(32)28-23)30-11-9-29(10-12-30)21-5-4-6-21;2*1-4-19-11-20(15-30-13-17(2)26-25(19)30)22-12-24(33)31-16-21(5-6-23(31)27-22)29-8-7-28(9-10-32)18(3)14-29/h8-9,12-14,16-17,19,22H,4-7,10-11,15H2,1-3H3;7-8,13-17,21H,3-6,9-12H2,1-2H3;2*5-6,11-13,15-16,18,32H,4,7-10,14H2,1-3H3/t19-;;2*18-/m1.10/s1. The summed E-state index contributed by atoms with van der Waals surface area (Å²) in [6.45, 7) is 37.4. The summed E-state index contributed by atoms with van der Waals surface area (Å²) in [5.41, 5.74) is 25.3. The third-order valence-electron chi connectivity index (χ3n) is 28.2. The minimum absolute atomic E-state index is 0.0510. The maximum atomic E-state index is 13.2. The van der Waals surface area contributed by atoms with Gasteiger partial charge in [-0.25, -0.2) is 39.9 Å². The second-order valence-corrected chi connectivity index (χ2v) is 37.1. The van der Waals surface area contributed by atoms with E-state index in [1.165, 1.54) is 38.5 Å². The zero-order valence-electron chi connectivity index (χ0n) is 78.4. The predicted molar refractivity (Wildman–Crippen MR) is 527 cm³/mol. The van der Waals surface area contributed by atoms with Crippen LogP contribution in [-0.4, -0.2) is 246 Å². The molecule has 2 aliphatic carbocycles. The Labute approximate surface area is 773 Å². The SMILES string of the molecule is CCc1cc(-c2cc(=O)n3cc(N4CCN(C5CCC5)CC4)ccc3n2)cn2cc(C)nc12.CCc1cc(-c2cc(=O)n3cc(N4CCN(C5CCC5)[C@H](C)C4)ccc3n2)cn2cc(C)nc12.CCc1cc(-c2cc(=O)n3cc(N4CCN(CCO)[C@@H](C)C4)ccc3n2)cn2cc(C)nc12.CCc1cc(-c2cc(=O)n3cc(N4CCN(CCO)[C@H](C)C4)ccc3n2)cn2cc(C)nc12. The number of hydrogen-bond donors (Lipinski definition) is 2. The average Bonchev–Trinajstić information content (AvgIpc) is 1.75. The Kier molecular flexibility index (Phi) is 25.6. The van der Waals surface area contributed by atoms with Crippen LogP contribution in [-0.2, 0) is 25.7 Å². The molecule has 20 heterocycles. The number of β-amino-alcohol motifs (C(OH)–C–C–N with tert-alkyl or cyclic N) is 2. The van der Waals surface area contributed by atoms with Gasteiger partial charge in [0.2, 0.25) is 0 Å². The van der Waals surface area contributed by atoms with E-state index in [1.807, 2.05) is 156 Å². The highest BCUT2D eigenvalue weighted by atomic mass is 16.3. The Hall–Kier alpha value is -12.8. The lowest BCUT2D eigenvalue weighted by Gasteiger charge is -2.47. The van der Waals surface area contributed by atoms with Crippen LogP contribution in [0, 0.1) is 27.7 Å². The van der Waals surface area contributed by atoms with Gasteiger partial charge in [-0.1, -0.05) is 40.5 Å². The van der Waals surface area contributed by atoms with Crippen molar-refractivity contribution in [3.05, 3.63) is 258 Å². The number of imidazole rings is 4. The number of fused-ring (bicyclic) bond motifs is 8. The zero-order valence-corrected chi connectivity index (χ0v) is 78.4. The number of aromatic nitrogens is 16. The molecule has 133 heavy (non-hydrogen) atoms. The van der Waals surface area contributed by atoms with Gasteiger partial charge in [-0.2, -0.15) is 0 Å². The van der Waals surface area contributed by atoms with Gasteiger partial charge >= 0.3 is 0 Å². The van der Waals surface area contributed by atoms with Crippen molar-refractivity contribution < 1.29 is 10.2 Å². The number of aliphatic hydroxyl groups excluding tert-OH is 2. The van der Waals surface area contributed by atoms with E-state index in [2.05, 4.69) is 144 Å². The maximum Gasteiger partial charge on any atom is 0.258 e. The Morgan fingerprint density at radius 3 is 0.872 bits per heavy atom. The van der Waals surface area contributed by atoms with Gasteiger partial charge < -0.3 is 47.4 Å². The van der Waals surface area contributed by atoms with Crippen molar-refractivity contribution >= 4 is 67.9 Å². The van der Waals surface area contributed by atoms with Crippen molar-refractivity contribution in [2.75, 3.05) is 131 Å². The van der Waals surface area contributed by atoms with Gasteiger partial charge in [0.05, 0.1) is 81.5 Å². The van der Waals surface area contributed by atoms with Gasteiger partial charge in [0.1, 0.15) is 45.2 Å². The van der Waals surface area contributed by atoms with E-state index >= 15 is 0 Å². The van der Waals surface area contributed by atoms with Crippen LogP contribution in [0.25, 0.3) is 90.2 Å². The molecule has 4 aliphatic heterocycles. The summed E-state index contributed by atoms with van der Waals surface area (Å²) < 4.78 is 14.7. The van der Waals surface area contributed by atoms with E-state index in [4.69, 9.17) is 19.9 Å². The van der Waals surface area contributed by atoms with Gasteiger partial charge in [0, 0.05) is 249 Å². The second-order valence-electron chi connectivity index (χ2n) is 37.1. The first kappa shape index (κ1) is 89.4. The topological polar surface area (TPSA) is 273 Å². The molecule has 3 atom stereocenters. The van der Waals surface area contributed by atoms with Crippen molar-refractivity contribution in [1.82, 2.24) is 94.7 Å². The summed E-state index contributed by atoms with van der Waals surface area (Å²) >= 11 is 0. The first-order valence-electron chi connectivity index (χ1n) is 47.8. The van der Waals surface area contributed by atoms with Gasteiger partial charge in [0.15, 0.2) is 0 Å². The van der Waals surface area contributed by atoms with Crippen molar-refractivity contribution in [2.24, 2.45) is 0 Å². The number of aryl methyl sites for hydroxylation is 8. The third-order valence-corrected chi connectivity index (χ3v) is 28.2. The molecule has 690 valence electrons. The first-order valence-corrected chi connectivity index (χ1v) is 47.8. The van der Waals surface area contributed by atoms with E-state index in [-0.39, 0.29) is 35.5 Å². The molecule has 0 radical (unpaired) electrons. The number of aliphatic hydroxyl groups is 2. The Bertz CT molecular complexity index is 7070. The molecule has 6 aliphatic rings. The molecule has 22 rings (SSSR count). The summed E-state index contributed by atoms with van der Waals surface area (Å²) in [5, 5.41) is 18.5. The molecule has 4 saturated heterocycles. The van der Waals surface area contributed by atoms with Gasteiger partial charge in [-0.3, -0.25) is 56.4 Å². The summed E-state index contributed by atoms with van der Waals surface area (Å²) in [6, 6.07) is 33.8. The van der Waals surface area contributed by atoms with Crippen LogP contribution < -0.4 is 41.8 Å². The molecule has 0 amide bonds. The van der Waals surface area contributed by atoms with Crippen molar-refractivity contribution in [3.63, 3.8) is 0 Å². The summed E-state index contributed by atoms with van der Waals surface area (Å²) in [4.78, 5) is 109. The first-order chi connectivity index (χ1) is 64.5. The number of pyridine rings is 8. The van der Waals surface area contributed by atoms with Crippen molar-refractivity contribution in [1.29, 1.82) is 0 Å². The lowest BCUT2D eigenvalue weighted by molar-refractivity contribution is 0.0775. The lowest BCUT2D eigenvalue weighted by Crippen LogP contribution is -2.57. The molecule has 30 heteroatoms. The van der Waals surface area contributed by atoms with E-state index in [1.54, 1.807) is 41.9 Å². The van der Waals surface area contributed by atoms with Gasteiger partial charge in [-0.05, 0) is 195 Å². The Morgan fingerprint density at radius 1 is 0.316 bits per heavy atom. The minimum Gasteiger partial charge on any atom is -0.395 e. The molecule has 0 unspecified atom stereocenters. The molecule has 16 aromatic heterocycles. The van der Waals surface area contributed by atoms with Crippen LogP contribution in [0.4, 0.5) is 22.7 Å². The minimum atomic E-state index is -0.0937. The highest BCUT2D eigenvalue weighted by Crippen LogP contribution is 2.34. The monoisotopic (exact) mass is 1790 g/mol. The van der Waals surface area contributed by atoms with Crippen LogP contribution in [0.5, 0.6) is 0 Å². The molecule has 0 bridgehead atoms. The van der Waals surface area contributed by atoms with E-state index in [0.29, 0.717) is 76.6 Å². The van der Waals surface area contributed by atoms with Crippen LogP contribution >= 0.6 is 0 Å². The van der Waals surface area contributed by atoms with E-state index in [9.17, 15) is 29.4 Å². The summed E-state index contributed by atoms with van der Waals surface area (Å²) in [6.07, 6.45) is 35.3. The normalized spacial score (nSPS) is 18.0. The zero-order chi connectivity index (χ0) is 92.1. The molecule has 16 aromatic rings. The molecule has 6 fully saturated rings. The predicted octanol–water partition coefficient (Wildman–Crippen LogP) is 12.3. The fraction of sp³-hybridized carbons (Fsp3) is 0.417. The van der Waals surface area contributed by atoms with Crippen molar-refractivity contribution in [2.45, 2.75) is 171 Å².